The Labute approximate surface area is 170 Å². The minimum Gasteiger partial charge on any atom is -0.469 e. The predicted octanol–water partition coefficient (Wildman–Crippen LogP) is 3.64. The number of hydrogen-bond acceptors (Lipinski definition) is 5. The van der Waals surface area contributed by atoms with Gasteiger partial charge in [-0.3, -0.25) is 4.79 Å². The SMILES string of the molecule is COC(=O)[C@H](/C=C/[C@H](C)NS(=O)(=O)c1ccc(C)cc1)C[Si](C)(C)OC(C)C. The minimum absolute atomic E-state index is 0.0872. The van der Waals surface area contributed by atoms with Gasteiger partial charge in [-0.15, -0.1) is 0 Å². The smallest absolute Gasteiger partial charge is 0.312 e. The van der Waals surface area contributed by atoms with Crippen molar-refractivity contribution in [1.82, 2.24) is 4.72 Å². The molecular weight excluding hydrogens is 394 g/mol. The van der Waals surface area contributed by atoms with Crippen molar-refractivity contribution in [3.63, 3.8) is 0 Å². The van der Waals surface area contributed by atoms with E-state index in [0.29, 0.717) is 6.04 Å². The summed E-state index contributed by atoms with van der Waals surface area (Å²) in [6.45, 7) is 11.7. The summed E-state index contributed by atoms with van der Waals surface area (Å²) in [5.41, 5.74) is 0.989. The van der Waals surface area contributed by atoms with E-state index >= 15 is 0 Å². The van der Waals surface area contributed by atoms with Crippen LogP contribution in [-0.2, 0) is 24.0 Å². The van der Waals surface area contributed by atoms with E-state index < -0.39 is 30.3 Å². The molecule has 1 aromatic carbocycles. The van der Waals surface area contributed by atoms with Crippen LogP contribution in [0.25, 0.3) is 0 Å². The van der Waals surface area contributed by atoms with Gasteiger partial charge in [0.15, 0.2) is 8.32 Å². The number of esters is 1. The lowest BCUT2D eigenvalue weighted by Crippen LogP contribution is -2.37. The Morgan fingerprint density at radius 2 is 1.71 bits per heavy atom. The molecule has 0 amide bonds. The van der Waals surface area contributed by atoms with Crippen LogP contribution in [0.4, 0.5) is 0 Å². The molecule has 0 spiro atoms. The van der Waals surface area contributed by atoms with Crippen LogP contribution in [0.3, 0.4) is 0 Å². The lowest BCUT2D eigenvalue weighted by molar-refractivity contribution is -0.143. The highest BCUT2D eigenvalue weighted by Crippen LogP contribution is 2.22. The van der Waals surface area contributed by atoms with Crippen molar-refractivity contribution in [2.75, 3.05) is 7.11 Å². The van der Waals surface area contributed by atoms with Crippen molar-refractivity contribution in [2.24, 2.45) is 5.92 Å². The summed E-state index contributed by atoms with van der Waals surface area (Å²) in [6.07, 6.45) is 3.49. The fraction of sp³-hybridized carbons (Fsp3) is 0.550. The molecule has 0 aliphatic heterocycles. The van der Waals surface area contributed by atoms with Gasteiger partial charge in [0.05, 0.1) is 17.9 Å². The van der Waals surface area contributed by atoms with E-state index in [4.69, 9.17) is 9.16 Å². The number of carbonyl (C=O) groups excluding carboxylic acids is 1. The monoisotopic (exact) mass is 427 g/mol. The molecule has 158 valence electrons. The van der Waals surface area contributed by atoms with Gasteiger partial charge in [-0.2, -0.15) is 0 Å². The zero-order valence-corrected chi connectivity index (χ0v) is 19.7. The fourth-order valence-corrected chi connectivity index (χ4v) is 6.90. The van der Waals surface area contributed by atoms with E-state index in [-0.39, 0.29) is 17.0 Å². The van der Waals surface area contributed by atoms with Gasteiger partial charge >= 0.3 is 5.97 Å². The fourth-order valence-electron chi connectivity index (χ4n) is 2.97. The van der Waals surface area contributed by atoms with Gasteiger partial charge in [0.1, 0.15) is 0 Å². The van der Waals surface area contributed by atoms with Crippen molar-refractivity contribution >= 4 is 24.3 Å². The summed E-state index contributed by atoms with van der Waals surface area (Å²) < 4.78 is 38.5. The van der Waals surface area contributed by atoms with Gasteiger partial charge in [-0.05, 0) is 59.0 Å². The molecule has 0 unspecified atom stereocenters. The quantitative estimate of drug-likeness (QED) is 0.350. The molecule has 0 heterocycles. The summed E-state index contributed by atoms with van der Waals surface area (Å²) in [5.74, 6) is -0.825. The Hall–Kier alpha value is -1.48. The summed E-state index contributed by atoms with van der Waals surface area (Å²) in [4.78, 5) is 12.4. The molecule has 0 aromatic heterocycles. The largest absolute Gasteiger partial charge is 0.469 e. The molecule has 28 heavy (non-hydrogen) atoms. The normalized spacial score (nSPS) is 15.0. The summed E-state index contributed by atoms with van der Waals surface area (Å²) >= 11 is 0. The van der Waals surface area contributed by atoms with Crippen LogP contribution in [-0.4, -0.2) is 42.0 Å². The van der Waals surface area contributed by atoms with Crippen LogP contribution < -0.4 is 4.72 Å². The molecule has 6 nitrogen and oxygen atoms in total. The number of carbonyl (C=O) groups is 1. The second kappa shape index (κ2) is 10.3. The average Bonchev–Trinajstić information content (AvgIpc) is 2.56. The number of hydrogen-bond donors (Lipinski definition) is 1. The van der Waals surface area contributed by atoms with Crippen LogP contribution in [0.5, 0.6) is 0 Å². The summed E-state index contributed by atoms with van der Waals surface area (Å²) in [7, 11) is -4.36. The molecule has 1 rings (SSSR count). The molecular formula is C20H33NO5SSi. The maximum atomic E-state index is 12.5. The zero-order valence-electron chi connectivity index (χ0n) is 17.9. The van der Waals surface area contributed by atoms with Crippen molar-refractivity contribution in [1.29, 1.82) is 0 Å². The van der Waals surface area contributed by atoms with Gasteiger partial charge in [0, 0.05) is 12.1 Å². The molecule has 0 radical (unpaired) electrons. The van der Waals surface area contributed by atoms with Crippen LogP contribution >= 0.6 is 0 Å². The number of benzene rings is 1. The van der Waals surface area contributed by atoms with Crippen LogP contribution in [0.1, 0.15) is 26.3 Å². The van der Waals surface area contributed by atoms with Crippen molar-refractivity contribution in [3.8, 4) is 0 Å². The Morgan fingerprint density at radius 1 is 1.14 bits per heavy atom. The Morgan fingerprint density at radius 3 is 2.21 bits per heavy atom. The highest BCUT2D eigenvalue weighted by Gasteiger charge is 2.31. The number of nitrogens with one attached hydrogen (secondary N) is 1. The van der Waals surface area contributed by atoms with Crippen LogP contribution in [0.2, 0.25) is 19.1 Å². The third kappa shape index (κ3) is 8.26. The molecule has 0 aliphatic rings. The number of rotatable bonds is 10. The molecule has 0 saturated carbocycles. The van der Waals surface area contributed by atoms with Crippen molar-refractivity contribution < 1.29 is 22.4 Å². The van der Waals surface area contributed by atoms with Crippen LogP contribution in [0.15, 0.2) is 41.3 Å². The second-order valence-corrected chi connectivity index (χ2v) is 13.7. The van der Waals surface area contributed by atoms with Gasteiger partial charge in [0.2, 0.25) is 10.0 Å². The molecule has 0 saturated heterocycles. The van der Waals surface area contributed by atoms with E-state index in [1.807, 2.05) is 20.8 Å². The summed E-state index contributed by atoms with van der Waals surface area (Å²) in [6, 6.07) is 6.74. The first kappa shape index (κ1) is 24.6. The number of methoxy groups -OCH3 is 1. The first-order valence-electron chi connectivity index (χ1n) is 9.39. The maximum absolute atomic E-state index is 12.5. The highest BCUT2D eigenvalue weighted by atomic mass is 32.2. The number of sulfonamides is 1. The zero-order chi connectivity index (χ0) is 21.5. The highest BCUT2D eigenvalue weighted by molar-refractivity contribution is 7.89. The van der Waals surface area contributed by atoms with Crippen LogP contribution in [0, 0.1) is 12.8 Å². The number of aryl methyl sites for hydroxylation is 1. The van der Waals surface area contributed by atoms with Gasteiger partial charge < -0.3 is 9.16 Å². The average molecular weight is 428 g/mol. The molecule has 0 aliphatic carbocycles. The second-order valence-electron chi connectivity index (χ2n) is 7.87. The Balaban J connectivity index is 2.87. The van der Waals surface area contributed by atoms with Crippen molar-refractivity contribution in [2.45, 2.75) is 63.9 Å². The topological polar surface area (TPSA) is 81.7 Å². The summed E-state index contributed by atoms with van der Waals surface area (Å²) in [5, 5.41) is 0. The van der Waals surface area contributed by atoms with Gasteiger partial charge in [0.25, 0.3) is 0 Å². The molecule has 1 N–H and O–H groups in total. The maximum Gasteiger partial charge on any atom is 0.312 e. The lowest BCUT2D eigenvalue weighted by Gasteiger charge is -2.28. The van der Waals surface area contributed by atoms with E-state index in [1.165, 1.54) is 7.11 Å². The molecule has 8 heteroatoms. The number of ether oxygens (including phenoxy) is 1. The Kier molecular flexibility index (Phi) is 9.07. The lowest BCUT2D eigenvalue weighted by atomic mass is 10.1. The third-order valence-electron chi connectivity index (χ3n) is 4.07. The molecule has 0 fully saturated rings. The van der Waals surface area contributed by atoms with E-state index in [1.54, 1.807) is 43.3 Å². The predicted molar refractivity (Wildman–Crippen MR) is 114 cm³/mol. The third-order valence-corrected chi connectivity index (χ3v) is 8.18. The van der Waals surface area contributed by atoms with E-state index in [9.17, 15) is 13.2 Å². The molecule has 1 aromatic rings. The molecule has 0 bridgehead atoms. The molecule has 2 atom stereocenters. The minimum atomic E-state index is -3.63. The first-order valence-corrected chi connectivity index (χ1v) is 14.0. The Bertz CT molecular complexity index is 772. The standard InChI is InChI=1S/C20H33NO5SSi/c1-15(2)26-28(6,7)14-18(20(22)25-5)11-10-17(4)21-27(23,24)19-12-8-16(3)9-13-19/h8-13,15,17-18,21H,14H2,1-7H3/b11-10+/t17-,18+/m0/s1. The van der Waals surface area contributed by atoms with Gasteiger partial charge in [-0.1, -0.05) is 29.8 Å². The van der Waals surface area contributed by atoms with Gasteiger partial charge in [-0.25, -0.2) is 13.1 Å². The first-order chi connectivity index (χ1) is 12.9. The van der Waals surface area contributed by atoms with Crippen molar-refractivity contribution in [3.05, 3.63) is 42.0 Å². The van der Waals surface area contributed by atoms with E-state index in [2.05, 4.69) is 17.8 Å². The van der Waals surface area contributed by atoms with E-state index in [0.717, 1.165) is 5.56 Å².